The highest BCUT2D eigenvalue weighted by Crippen LogP contribution is 2.26. The topological polar surface area (TPSA) is 20.2 Å². The SMILES string of the molecule is CC(CO)C(C)c1ccc(F)cc1F. The molecule has 0 bridgehead atoms. The summed E-state index contributed by atoms with van der Waals surface area (Å²) in [6.45, 7) is 3.64. The Balaban J connectivity index is 2.95. The molecule has 1 nitrogen and oxygen atoms in total. The van der Waals surface area contributed by atoms with E-state index in [2.05, 4.69) is 0 Å². The van der Waals surface area contributed by atoms with Gasteiger partial charge in [-0.2, -0.15) is 0 Å². The van der Waals surface area contributed by atoms with Gasteiger partial charge in [0.05, 0.1) is 0 Å². The van der Waals surface area contributed by atoms with E-state index < -0.39 is 11.6 Å². The van der Waals surface area contributed by atoms with E-state index in [4.69, 9.17) is 5.11 Å². The fraction of sp³-hybridized carbons (Fsp3) is 0.455. The normalized spacial score (nSPS) is 15.2. The molecule has 0 aliphatic heterocycles. The molecule has 0 radical (unpaired) electrons. The molecule has 78 valence electrons. The van der Waals surface area contributed by atoms with Crippen LogP contribution in [-0.4, -0.2) is 11.7 Å². The summed E-state index contributed by atoms with van der Waals surface area (Å²) in [6.07, 6.45) is 0. The zero-order valence-corrected chi connectivity index (χ0v) is 8.30. The number of hydrogen-bond acceptors (Lipinski definition) is 1. The Hall–Kier alpha value is -0.960. The standard InChI is InChI=1S/C11H14F2O/c1-7(6-14)8(2)10-4-3-9(12)5-11(10)13/h3-5,7-8,14H,6H2,1-2H3. The van der Waals surface area contributed by atoms with Crippen LogP contribution in [0.3, 0.4) is 0 Å². The molecule has 0 aliphatic carbocycles. The van der Waals surface area contributed by atoms with Crippen molar-refractivity contribution in [1.29, 1.82) is 0 Å². The van der Waals surface area contributed by atoms with Gasteiger partial charge >= 0.3 is 0 Å². The van der Waals surface area contributed by atoms with E-state index in [1.165, 1.54) is 12.1 Å². The van der Waals surface area contributed by atoms with Crippen molar-refractivity contribution in [2.24, 2.45) is 5.92 Å². The summed E-state index contributed by atoms with van der Waals surface area (Å²) in [5.41, 5.74) is 0.452. The second-order valence-electron chi connectivity index (χ2n) is 3.61. The van der Waals surface area contributed by atoms with Crippen LogP contribution in [0.5, 0.6) is 0 Å². The Labute approximate surface area is 82.4 Å². The van der Waals surface area contributed by atoms with E-state index in [0.29, 0.717) is 5.56 Å². The molecule has 2 atom stereocenters. The van der Waals surface area contributed by atoms with E-state index >= 15 is 0 Å². The molecule has 0 saturated heterocycles. The molecule has 0 spiro atoms. The third-order valence-electron chi connectivity index (χ3n) is 2.59. The van der Waals surface area contributed by atoms with Crippen LogP contribution in [0.2, 0.25) is 0 Å². The zero-order chi connectivity index (χ0) is 10.7. The number of aliphatic hydroxyl groups excluding tert-OH is 1. The van der Waals surface area contributed by atoms with E-state index in [1.807, 2.05) is 13.8 Å². The van der Waals surface area contributed by atoms with Gasteiger partial charge in [0, 0.05) is 12.7 Å². The molecule has 0 amide bonds. The number of halogens is 2. The van der Waals surface area contributed by atoms with Crippen molar-refractivity contribution in [3.63, 3.8) is 0 Å². The van der Waals surface area contributed by atoms with Gasteiger partial charge in [-0.15, -0.1) is 0 Å². The monoisotopic (exact) mass is 200 g/mol. The molecule has 1 N–H and O–H groups in total. The third kappa shape index (κ3) is 2.29. The molecular formula is C11H14F2O. The van der Waals surface area contributed by atoms with Gasteiger partial charge in [-0.3, -0.25) is 0 Å². The molecule has 0 aromatic heterocycles. The maximum atomic E-state index is 13.3. The Kier molecular flexibility index (Phi) is 3.58. The van der Waals surface area contributed by atoms with Crippen LogP contribution >= 0.6 is 0 Å². The molecule has 0 aliphatic rings. The van der Waals surface area contributed by atoms with Gasteiger partial charge in [-0.05, 0) is 23.5 Å². The molecular weight excluding hydrogens is 186 g/mol. The smallest absolute Gasteiger partial charge is 0.129 e. The minimum atomic E-state index is -0.574. The van der Waals surface area contributed by atoms with E-state index in [-0.39, 0.29) is 18.4 Å². The van der Waals surface area contributed by atoms with Crippen LogP contribution in [0.1, 0.15) is 25.3 Å². The van der Waals surface area contributed by atoms with Gasteiger partial charge < -0.3 is 5.11 Å². The predicted molar refractivity (Wildman–Crippen MR) is 51.0 cm³/mol. The van der Waals surface area contributed by atoms with E-state index in [0.717, 1.165) is 6.07 Å². The zero-order valence-electron chi connectivity index (χ0n) is 8.30. The summed E-state index contributed by atoms with van der Waals surface area (Å²) in [5.74, 6) is -1.26. The summed E-state index contributed by atoms with van der Waals surface area (Å²) in [4.78, 5) is 0. The highest BCUT2D eigenvalue weighted by Gasteiger charge is 2.17. The number of rotatable bonds is 3. The second-order valence-corrected chi connectivity index (χ2v) is 3.61. The number of hydrogen-bond donors (Lipinski definition) is 1. The first-order chi connectivity index (χ1) is 6.56. The molecule has 2 unspecified atom stereocenters. The van der Waals surface area contributed by atoms with Crippen molar-refractivity contribution in [3.05, 3.63) is 35.4 Å². The van der Waals surface area contributed by atoms with Crippen molar-refractivity contribution < 1.29 is 13.9 Å². The average Bonchev–Trinajstić information content (AvgIpc) is 2.15. The van der Waals surface area contributed by atoms with Crippen LogP contribution in [0.15, 0.2) is 18.2 Å². The maximum Gasteiger partial charge on any atom is 0.129 e. The highest BCUT2D eigenvalue weighted by molar-refractivity contribution is 5.22. The minimum absolute atomic E-state index is 0.00200. The molecule has 3 heteroatoms. The second kappa shape index (κ2) is 4.51. The maximum absolute atomic E-state index is 13.3. The van der Waals surface area contributed by atoms with Crippen LogP contribution < -0.4 is 0 Å². The van der Waals surface area contributed by atoms with Crippen LogP contribution in [0.4, 0.5) is 8.78 Å². The van der Waals surface area contributed by atoms with E-state index in [9.17, 15) is 8.78 Å². The Morgan fingerprint density at radius 2 is 1.93 bits per heavy atom. The largest absolute Gasteiger partial charge is 0.396 e. The van der Waals surface area contributed by atoms with Gasteiger partial charge in [0.1, 0.15) is 11.6 Å². The van der Waals surface area contributed by atoms with Crippen molar-refractivity contribution in [1.82, 2.24) is 0 Å². The third-order valence-corrected chi connectivity index (χ3v) is 2.59. The summed E-state index contributed by atoms with van der Waals surface area (Å²) < 4.78 is 25.9. The Bertz CT molecular complexity index is 312. The van der Waals surface area contributed by atoms with Gasteiger partial charge in [0.2, 0.25) is 0 Å². The molecule has 0 saturated carbocycles. The Morgan fingerprint density at radius 1 is 1.29 bits per heavy atom. The summed E-state index contributed by atoms with van der Waals surface area (Å²) in [6, 6.07) is 3.54. The van der Waals surface area contributed by atoms with Gasteiger partial charge in [0.25, 0.3) is 0 Å². The summed E-state index contributed by atoms with van der Waals surface area (Å²) in [7, 11) is 0. The van der Waals surface area contributed by atoms with Gasteiger partial charge in [-0.25, -0.2) is 8.78 Å². The first kappa shape index (κ1) is 11.1. The lowest BCUT2D eigenvalue weighted by Gasteiger charge is -2.18. The first-order valence-electron chi connectivity index (χ1n) is 4.62. The molecule has 0 heterocycles. The van der Waals surface area contributed by atoms with Crippen LogP contribution in [0.25, 0.3) is 0 Å². The van der Waals surface area contributed by atoms with Crippen molar-refractivity contribution in [2.75, 3.05) is 6.61 Å². The number of benzene rings is 1. The predicted octanol–water partition coefficient (Wildman–Crippen LogP) is 2.70. The fourth-order valence-corrected chi connectivity index (χ4v) is 1.34. The van der Waals surface area contributed by atoms with E-state index in [1.54, 1.807) is 0 Å². The average molecular weight is 200 g/mol. The van der Waals surface area contributed by atoms with Crippen molar-refractivity contribution in [2.45, 2.75) is 19.8 Å². The lowest BCUT2D eigenvalue weighted by molar-refractivity contribution is 0.219. The van der Waals surface area contributed by atoms with Crippen molar-refractivity contribution in [3.8, 4) is 0 Å². The summed E-state index contributed by atoms with van der Waals surface area (Å²) >= 11 is 0. The molecule has 0 fully saturated rings. The fourth-order valence-electron chi connectivity index (χ4n) is 1.34. The minimum Gasteiger partial charge on any atom is -0.396 e. The molecule has 14 heavy (non-hydrogen) atoms. The first-order valence-corrected chi connectivity index (χ1v) is 4.62. The van der Waals surface area contributed by atoms with Crippen molar-refractivity contribution >= 4 is 0 Å². The van der Waals surface area contributed by atoms with Gasteiger partial charge in [-0.1, -0.05) is 19.9 Å². The number of aliphatic hydroxyl groups is 1. The molecule has 1 aromatic rings. The molecule has 1 rings (SSSR count). The lowest BCUT2D eigenvalue weighted by Crippen LogP contribution is -2.11. The lowest BCUT2D eigenvalue weighted by atomic mass is 9.89. The molecule has 1 aromatic carbocycles. The van der Waals surface area contributed by atoms with Crippen LogP contribution in [0, 0.1) is 17.6 Å². The van der Waals surface area contributed by atoms with Gasteiger partial charge in [0.15, 0.2) is 0 Å². The summed E-state index contributed by atoms with van der Waals surface area (Å²) in [5, 5.41) is 8.92. The van der Waals surface area contributed by atoms with Crippen LogP contribution in [-0.2, 0) is 0 Å². The Morgan fingerprint density at radius 3 is 2.43 bits per heavy atom. The highest BCUT2D eigenvalue weighted by atomic mass is 19.1. The quantitative estimate of drug-likeness (QED) is 0.795.